The van der Waals surface area contributed by atoms with Gasteiger partial charge in [0, 0.05) is 24.0 Å². The molecule has 0 aromatic heterocycles. The Labute approximate surface area is 270 Å². The normalized spacial score (nSPS) is 26.0. The maximum atomic E-state index is 13.7. The Morgan fingerprint density at radius 1 is 1.13 bits per heavy atom. The van der Waals surface area contributed by atoms with Crippen LogP contribution in [-0.4, -0.2) is 73.4 Å². The third-order valence-corrected chi connectivity index (χ3v) is 9.42. The molecule has 4 atom stereocenters. The van der Waals surface area contributed by atoms with Crippen molar-refractivity contribution in [3.8, 4) is 0 Å². The van der Waals surface area contributed by atoms with Gasteiger partial charge in [-0.05, 0) is 83.4 Å². The SMILES string of the molecule is CC(C)(C)OC(=O)N[C@H]1CCCCCC=C[C@@H]2C[C@@]2(C(=O)NS(=O)(=O)NCCc2cccc(Cl)c2)NC(=O)[C@@H]2CCCN2C1=O. The molecule has 0 spiro atoms. The van der Waals surface area contributed by atoms with Gasteiger partial charge in [0.25, 0.3) is 5.91 Å². The van der Waals surface area contributed by atoms with Gasteiger partial charge in [-0.1, -0.05) is 48.7 Å². The molecule has 0 bridgehead atoms. The Morgan fingerprint density at radius 3 is 2.64 bits per heavy atom. The van der Waals surface area contributed by atoms with Crippen LogP contribution in [0.15, 0.2) is 36.4 Å². The second-order valence-electron chi connectivity index (χ2n) is 12.9. The van der Waals surface area contributed by atoms with E-state index in [0.29, 0.717) is 50.1 Å². The summed E-state index contributed by atoms with van der Waals surface area (Å²) in [5.74, 6) is -2.17. The number of carbonyl (C=O) groups excluding carboxylic acids is 4. The largest absolute Gasteiger partial charge is 0.444 e. The van der Waals surface area contributed by atoms with Crippen molar-refractivity contribution in [2.75, 3.05) is 13.1 Å². The number of nitrogens with zero attached hydrogens (tertiary/aromatic N) is 1. The summed E-state index contributed by atoms with van der Waals surface area (Å²) in [4.78, 5) is 54.9. The molecule has 14 heteroatoms. The van der Waals surface area contributed by atoms with E-state index in [1.54, 1.807) is 39.0 Å². The topological polar surface area (TPSA) is 163 Å². The van der Waals surface area contributed by atoms with E-state index >= 15 is 0 Å². The standard InChI is InChI=1S/C31H44ClN5O7S/c1-30(2,3)44-29(41)34-24-14-8-6-4-5-7-12-22-20-31(22,35-26(38)25-15-10-18-37(25)27(24)39)28(40)36-45(42,43)33-17-16-21-11-9-13-23(32)19-21/h7,9,11-13,19,22,24-25,33H,4-6,8,10,14-18,20H2,1-3H3,(H,34,41)(H,35,38)(H,36,40)/t22-,24+,25+,31-/m1/s1. The zero-order chi connectivity index (χ0) is 32.8. The minimum atomic E-state index is -4.24. The van der Waals surface area contributed by atoms with Crippen molar-refractivity contribution < 1.29 is 32.3 Å². The number of alkyl carbamates (subject to hydrolysis) is 1. The van der Waals surface area contributed by atoms with Crippen molar-refractivity contribution in [2.24, 2.45) is 5.92 Å². The molecule has 4 amide bonds. The summed E-state index contributed by atoms with van der Waals surface area (Å²) in [5, 5.41) is 6.05. The van der Waals surface area contributed by atoms with E-state index < -0.39 is 57.3 Å². The highest BCUT2D eigenvalue weighted by molar-refractivity contribution is 7.88. The van der Waals surface area contributed by atoms with Crippen LogP contribution < -0.4 is 20.1 Å². The van der Waals surface area contributed by atoms with Gasteiger partial charge < -0.3 is 20.3 Å². The van der Waals surface area contributed by atoms with Crippen molar-refractivity contribution in [1.82, 2.24) is 25.0 Å². The average molecular weight is 666 g/mol. The van der Waals surface area contributed by atoms with Gasteiger partial charge in [-0.15, -0.1) is 0 Å². The van der Waals surface area contributed by atoms with Gasteiger partial charge >= 0.3 is 16.3 Å². The van der Waals surface area contributed by atoms with Gasteiger partial charge in [-0.2, -0.15) is 13.1 Å². The van der Waals surface area contributed by atoms with E-state index in [1.807, 2.05) is 18.2 Å². The monoisotopic (exact) mass is 665 g/mol. The summed E-state index contributed by atoms with van der Waals surface area (Å²) < 4.78 is 35.5. The molecule has 4 N–H and O–H groups in total. The number of nitrogens with one attached hydrogen (secondary N) is 4. The molecule has 1 aromatic carbocycles. The Morgan fingerprint density at radius 2 is 1.91 bits per heavy atom. The van der Waals surface area contributed by atoms with Crippen molar-refractivity contribution in [1.29, 1.82) is 0 Å². The van der Waals surface area contributed by atoms with Gasteiger partial charge in [0.1, 0.15) is 23.2 Å². The maximum Gasteiger partial charge on any atom is 0.408 e. The van der Waals surface area contributed by atoms with Gasteiger partial charge in [-0.3, -0.25) is 14.4 Å². The number of hydrogen-bond donors (Lipinski definition) is 4. The molecule has 1 saturated heterocycles. The second kappa shape index (κ2) is 14.5. The number of ether oxygens (including phenoxy) is 1. The van der Waals surface area contributed by atoms with E-state index in [1.165, 1.54) is 4.90 Å². The van der Waals surface area contributed by atoms with Crippen molar-refractivity contribution in [2.45, 2.75) is 102 Å². The Kier molecular flexibility index (Phi) is 11.2. The summed E-state index contributed by atoms with van der Waals surface area (Å²) in [5.41, 5.74) is -1.39. The van der Waals surface area contributed by atoms with Crippen molar-refractivity contribution in [3.63, 3.8) is 0 Å². The van der Waals surface area contributed by atoms with Crippen LogP contribution in [0.2, 0.25) is 5.02 Å². The van der Waals surface area contributed by atoms with Crippen LogP contribution in [0, 0.1) is 5.92 Å². The van der Waals surface area contributed by atoms with Crippen LogP contribution >= 0.6 is 11.6 Å². The highest BCUT2D eigenvalue weighted by Crippen LogP contribution is 2.45. The molecular formula is C31H44ClN5O7S. The first-order chi connectivity index (χ1) is 21.2. The predicted octanol–water partition coefficient (Wildman–Crippen LogP) is 3.11. The van der Waals surface area contributed by atoms with E-state index in [9.17, 15) is 27.6 Å². The number of rotatable bonds is 7. The van der Waals surface area contributed by atoms with Gasteiger partial charge in [0.15, 0.2) is 0 Å². The third-order valence-electron chi connectivity index (χ3n) is 8.15. The van der Waals surface area contributed by atoms with Crippen LogP contribution in [0.3, 0.4) is 0 Å². The van der Waals surface area contributed by atoms with E-state index in [4.69, 9.17) is 16.3 Å². The fraction of sp³-hybridized carbons (Fsp3) is 0.613. The summed E-state index contributed by atoms with van der Waals surface area (Å²) in [6.07, 6.45) is 8.01. The number of benzene rings is 1. The number of allylic oxidation sites excluding steroid dienone is 1. The lowest BCUT2D eigenvalue weighted by atomic mass is 10.0. The van der Waals surface area contributed by atoms with E-state index in [-0.39, 0.29) is 18.9 Å². The molecule has 12 nitrogen and oxygen atoms in total. The smallest absolute Gasteiger partial charge is 0.408 e. The lowest BCUT2D eigenvalue weighted by molar-refractivity contribution is -0.141. The fourth-order valence-corrected chi connectivity index (χ4v) is 6.90. The van der Waals surface area contributed by atoms with Crippen LogP contribution in [0.4, 0.5) is 4.79 Å². The molecule has 248 valence electrons. The van der Waals surface area contributed by atoms with Crippen LogP contribution in [0.25, 0.3) is 0 Å². The average Bonchev–Trinajstić information content (AvgIpc) is 3.39. The van der Waals surface area contributed by atoms with Crippen molar-refractivity contribution >= 4 is 45.6 Å². The second-order valence-corrected chi connectivity index (χ2v) is 14.9. The Bertz CT molecular complexity index is 1410. The summed E-state index contributed by atoms with van der Waals surface area (Å²) in [6.45, 7) is 5.55. The van der Waals surface area contributed by atoms with Gasteiger partial charge in [0.05, 0.1) is 0 Å². The summed E-state index contributed by atoms with van der Waals surface area (Å²) >= 11 is 6.00. The van der Waals surface area contributed by atoms with Gasteiger partial charge in [-0.25, -0.2) is 9.52 Å². The molecule has 0 radical (unpaired) electrons. The minimum Gasteiger partial charge on any atom is -0.444 e. The first-order valence-electron chi connectivity index (χ1n) is 15.5. The van der Waals surface area contributed by atoms with Crippen LogP contribution in [-0.2, 0) is 35.8 Å². The fourth-order valence-electron chi connectivity index (χ4n) is 5.81. The molecule has 2 heterocycles. The predicted molar refractivity (Wildman–Crippen MR) is 169 cm³/mol. The molecule has 0 unspecified atom stereocenters. The first kappa shape index (κ1) is 34.7. The van der Waals surface area contributed by atoms with Gasteiger partial charge in [0.2, 0.25) is 11.8 Å². The summed E-state index contributed by atoms with van der Waals surface area (Å²) in [7, 11) is -4.24. The zero-order valence-corrected chi connectivity index (χ0v) is 27.6. The summed E-state index contributed by atoms with van der Waals surface area (Å²) in [6, 6.07) is 5.29. The number of carbonyl (C=O) groups is 4. The molecule has 1 aliphatic carbocycles. The quantitative estimate of drug-likeness (QED) is 0.325. The molecular weight excluding hydrogens is 622 g/mol. The molecule has 2 fully saturated rings. The Hall–Kier alpha value is -3.16. The Balaban J connectivity index is 1.47. The molecule has 2 aliphatic heterocycles. The zero-order valence-electron chi connectivity index (χ0n) is 26.1. The minimum absolute atomic E-state index is 0.0310. The first-order valence-corrected chi connectivity index (χ1v) is 17.4. The third kappa shape index (κ3) is 9.67. The molecule has 3 aliphatic rings. The maximum absolute atomic E-state index is 13.7. The molecule has 45 heavy (non-hydrogen) atoms. The lowest BCUT2D eigenvalue weighted by Gasteiger charge is -2.30. The molecule has 4 rings (SSSR count). The number of amides is 4. The number of hydrogen-bond acceptors (Lipinski definition) is 7. The lowest BCUT2D eigenvalue weighted by Crippen LogP contribution is -2.59. The van der Waals surface area contributed by atoms with Crippen LogP contribution in [0.5, 0.6) is 0 Å². The number of halogens is 1. The van der Waals surface area contributed by atoms with Crippen molar-refractivity contribution in [3.05, 3.63) is 47.0 Å². The van der Waals surface area contributed by atoms with E-state index in [0.717, 1.165) is 18.4 Å². The highest BCUT2D eigenvalue weighted by atomic mass is 35.5. The number of fused-ring (bicyclic) bond motifs is 2. The highest BCUT2D eigenvalue weighted by Gasteiger charge is 2.61. The van der Waals surface area contributed by atoms with Crippen LogP contribution in [0.1, 0.15) is 77.7 Å². The van der Waals surface area contributed by atoms with E-state index in [2.05, 4.69) is 20.1 Å². The molecule has 1 saturated carbocycles. The molecule has 1 aromatic rings.